The zero-order chi connectivity index (χ0) is 14.0. The highest BCUT2D eigenvalue weighted by molar-refractivity contribution is 6.30. The van der Waals surface area contributed by atoms with E-state index in [0.29, 0.717) is 0 Å². The first kappa shape index (κ1) is 13.9. The fourth-order valence-electron chi connectivity index (χ4n) is 3.31. The summed E-state index contributed by atoms with van der Waals surface area (Å²) in [7, 11) is 0. The molecular formula is C16H21ClN2O. The van der Waals surface area contributed by atoms with Crippen LogP contribution in [0.3, 0.4) is 0 Å². The normalized spacial score (nSPS) is 21.4. The van der Waals surface area contributed by atoms with Gasteiger partial charge in [-0.15, -0.1) is 0 Å². The molecule has 3 nitrogen and oxygen atoms in total. The second kappa shape index (κ2) is 5.74. The number of hydrogen-bond donors (Lipinski definition) is 2. The number of hydrogen-bond acceptors (Lipinski definition) is 2. The summed E-state index contributed by atoms with van der Waals surface area (Å²) in [6, 6.07) is 8.12. The Morgan fingerprint density at radius 2 is 2.10 bits per heavy atom. The third-order valence-electron chi connectivity index (χ3n) is 4.75. The van der Waals surface area contributed by atoms with Crippen molar-refractivity contribution >= 4 is 17.5 Å². The summed E-state index contributed by atoms with van der Waals surface area (Å²) < 4.78 is 0. The van der Waals surface area contributed by atoms with Crippen molar-refractivity contribution in [3.05, 3.63) is 34.9 Å². The zero-order valence-corrected chi connectivity index (χ0v) is 12.4. The van der Waals surface area contributed by atoms with Crippen molar-refractivity contribution in [3.8, 4) is 0 Å². The van der Waals surface area contributed by atoms with E-state index in [4.69, 9.17) is 11.6 Å². The Labute approximate surface area is 125 Å². The molecule has 0 radical (unpaired) electrons. The fourth-order valence-corrected chi connectivity index (χ4v) is 3.50. The number of carbonyl (C=O) groups excluding carboxylic acids is 1. The molecule has 2 fully saturated rings. The molecule has 20 heavy (non-hydrogen) atoms. The van der Waals surface area contributed by atoms with Crippen molar-refractivity contribution in [2.45, 2.75) is 31.1 Å². The molecule has 0 spiro atoms. The molecule has 3 rings (SSSR count). The monoisotopic (exact) mass is 292 g/mol. The third kappa shape index (κ3) is 2.70. The molecule has 2 N–H and O–H groups in total. The number of benzene rings is 1. The van der Waals surface area contributed by atoms with Gasteiger partial charge in [0.15, 0.2) is 0 Å². The van der Waals surface area contributed by atoms with Crippen LogP contribution in [0.2, 0.25) is 5.02 Å². The van der Waals surface area contributed by atoms with Gasteiger partial charge in [0.1, 0.15) is 0 Å². The lowest BCUT2D eigenvalue weighted by Gasteiger charge is -2.32. The summed E-state index contributed by atoms with van der Waals surface area (Å²) in [6.07, 6.45) is 4.73. The van der Waals surface area contributed by atoms with E-state index in [1.807, 2.05) is 12.1 Å². The molecule has 0 aromatic heterocycles. The molecule has 1 saturated carbocycles. The smallest absolute Gasteiger partial charge is 0.225 e. The standard InChI is InChI=1S/C16H21ClN2O/c17-14-5-3-4-13(8-14)16(6-1-2-7-16)11-19-15(20)12-9-18-10-12/h3-5,8,12,18H,1-2,6-7,9-11H2,(H,19,20). The maximum Gasteiger partial charge on any atom is 0.225 e. The lowest BCUT2D eigenvalue weighted by Crippen LogP contribution is -2.52. The molecular weight excluding hydrogens is 272 g/mol. The topological polar surface area (TPSA) is 41.1 Å². The molecule has 1 heterocycles. The van der Waals surface area contributed by atoms with Crippen LogP contribution >= 0.6 is 11.6 Å². The van der Waals surface area contributed by atoms with Gasteiger partial charge in [-0.3, -0.25) is 4.79 Å². The quantitative estimate of drug-likeness (QED) is 0.895. The average molecular weight is 293 g/mol. The van der Waals surface area contributed by atoms with E-state index >= 15 is 0 Å². The number of rotatable bonds is 4. The van der Waals surface area contributed by atoms with Crippen LogP contribution in [0.1, 0.15) is 31.2 Å². The summed E-state index contributed by atoms with van der Waals surface area (Å²) in [6.45, 7) is 2.37. The number of carbonyl (C=O) groups is 1. The Morgan fingerprint density at radius 1 is 1.35 bits per heavy atom. The minimum atomic E-state index is 0.0811. The van der Waals surface area contributed by atoms with Gasteiger partial charge in [0.2, 0.25) is 5.91 Å². The lowest BCUT2D eigenvalue weighted by molar-refractivity contribution is -0.126. The highest BCUT2D eigenvalue weighted by Gasteiger charge is 2.37. The maximum absolute atomic E-state index is 12.0. The van der Waals surface area contributed by atoms with E-state index in [1.165, 1.54) is 18.4 Å². The summed E-state index contributed by atoms with van der Waals surface area (Å²) in [5, 5.41) is 7.08. The SMILES string of the molecule is O=C(NCC1(c2cccc(Cl)c2)CCCC1)C1CNC1. The summed E-state index contributed by atoms with van der Waals surface area (Å²) in [5.74, 6) is 0.352. The highest BCUT2D eigenvalue weighted by Crippen LogP contribution is 2.41. The second-order valence-electron chi connectivity index (χ2n) is 6.07. The van der Waals surface area contributed by atoms with Crippen LogP contribution in [0.5, 0.6) is 0 Å². The summed E-state index contributed by atoms with van der Waals surface area (Å²) in [5.41, 5.74) is 1.35. The van der Waals surface area contributed by atoms with E-state index < -0.39 is 0 Å². The number of halogens is 1. The van der Waals surface area contributed by atoms with Crippen LogP contribution in [0, 0.1) is 5.92 Å². The van der Waals surface area contributed by atoms with Crippen LogP contribution in [-0.2, 0) is 10.2 Å². The first-order valence-corrected chi connectivity index (χ1v) is 7.82. The molecule has 0 atom stereocenters. The van der Waals surface area contributed by atoms with E-state index in [-0.39, 0.29) is 17.2 Å². The van der Waals surface area contributed by atoms with Crippen LogP contribution < -0.4 is 10.6 Å². The molecule has 4 heteroatoms. The van der Waals surface area contributed by atoms with Crippen LogP contribution in [-0.4, -0.2) is 25.5 Å². The maximum atomic E-state index is 12.0. The molecule has 108 valence electrons. The van der Waals surface area contributed by atoms with E-state index in [0.717, 1.165) is 37.5 Å². The predicted octanol–water partition coefficient (Wildman–Crippen LogP) is 2.49. The first-order chi connectivity index (χ1) is 9.70. The van der Waals surface area contributed by atoms with Gasteiger partial charge in [-0.05, 0) is 30.5 Å². The molecule has 1 aliphatic carbocycles. The minimum Gasteiger partial charge on any atom is -0.355 e. The van der Waals surface area contributed by atoms with Crippen molar-refractivity contribution in [2.24, 2.45) is 5.92 Å². The van der Waals surface area contributed by atoms with Gasteiger partial charge < -0.3 is 10.6 Å². The minimum absolute atomic E-state index is 0.0811. The molecule has 1 amide bonds. The van der Waals surface area contributed by atoms with Gasteiger partial charge >= 0.3 is 0 Å². The second-order valence-corrected chi connectivity index (χ2v) is 6.51. The molecule has 2 aliphatic rings. The number of amides is 1. The summed E-state index contributed by atoms with van der Waals surface area (Å²) >= 11 is 6.13. The first-order valence-electron chi connectivity index (χ1n) is 7.44. The molecule has 1 aliphatic heterocycles. The van der Waals surface area contributed by atoms with Gasteiger partial charge in [0.05, 0.1) is 5.92 Å². The van der Waals surface area contributed by atoms with Gasteiger partial charge in [-0.25, -0.2) is 0 Å². The largest absolute Gasteiger partial charge is 0.355 e. The van der Waals surface area contributed by atoms with E-state index in [9.17, 15) is 4.79 Å². The van der Waals surface area contributed by atoms with Gasteiger partial charge in [0.25, 0.3) is 0 Å². The molecule has 1 aromatic carbocycles. The van der Waals surface area contributed by atoms with Crippen LogP contribution in [0.4, 0.5) is 0 Å². The third-order valence-corrected chi connectivity index (χ3v) is 4.99. The van der Waals surface area contributed by atoms with Crippen LogP contribution in [0.25, 0.3) is 0 Å². The lowest BCUT2D eigenvalue weighted by atomic mass is 9.78. The average Bonchev–Trinajstić information content (AvgIpc) is 2.84. The Balaban J connectivity index is 1.72. The predicted molar refractivity (Wildman–Crippen MR) is 81.0 cm³/mol. The molecule has 1 aromatic rings. The Kier molecular flexibility index (Phi) is 3.99. The van der Waals surface area contributed by atoms with Crippen molar-refractivity contribution < 1.29 is 4.79 Å². The Hall–Kier alpha value is -1.06. The van der Waals surface area contributed by atoms with Crippen LogP contribution in [0.15, 0.2) is 24.3 Å². The Bertz CT molecular complexity index is 493. The number of nitrogens with one attached hydrogen (secondary N) is 2. The Morgan fingerprint density at radius 3 is 2.70 bits per heavy atom. The van der Waals surface area contributed by atoms with Crippen molar-refractivity contribution in [1.29, 1.82) is 0 Å². The van der Waals surface area contributed by atoms with Crippen molar-refractivity contribution in [2.75, 3.05) is 19.6 Å². The van der Waals surface area contributed by atoms with Gasteiger partial charge in [-0.1, -0.05) is 36.6 Å². The molecule has 0 bridgehead atoms. The molecule has 0 unspecified atom stereocenters. The van der Waals surface area contributed by atoms with E-state index in [2.05, 4.69) is 22.8 Å². The fraction of sp³-hybridized carbons (Fsp3) is 0.562. The van der Waals surface area contributed by atoms with Crippen molar-refractivity contribution in [3.63, 3.8) is 0 Å². The molecule has 1 saturated heterocycles. The van der Waals surface area contributed by atoms with E-state index in [1.54, 1.807) is 0 Å². The summed E-state index contributed by atoms with van der Waals surface area (Å²) in [4.78, 5) is 12.0. The van der Waals surface area contributed by atoms with Gasteiger partial charge in [0, 0.05) is 30.1 Å². The highest BCUT2D eigenvalue weighted by atomic mass is 35.5. The van der Waals surface area contributed by atoms with Crippen molar-refractivity contribution in [1.82, 2.24) is 10.6 Å². The zero-order valence-electron chi connectivity index (χ0n) is 11.6. The van der Waals surface area contributed by atoms with Gasteiger partial charge in [-0.2, -0.15) is 0 Å².